The van der Waals surface area contributed by atoms with E-state index >= 15 is 0 Å². The molecule has 2 aromatic rings. The Morgan fingerprint density at radius 1 is 0.935 bits per heavy atom. The molecule has 1 aromatic carbocycles. The summed E-state index contributed by atoms with van der Waals surface area (Å²) >= 11 is 0. The molecule has 4 rings (SSSR count). The highest BCUT2D eigenvalue weighted by Gasteiger charge is 2.25. The summed E-state index contributed by atoms with van der Waals surface area (Å²) in [5.74, 6) is 2.04. The average Bonchev–Trinajstić information content (AvgIpc) is 2.78. The summed E-state index contributed by atoms with van der Waals surface area (Å²) in [6.07, 6.45) is 0. The van der Waals surface area contributed by atoms with Gasteiger partial charge in [-0.05, 0) is 32.2 Å². The number of likely N-dealkylation sites (N-methyl/N-ethyl adjacent to an activating group) is 1. The van der Waals surface area contributed by atoms with Gasteiger partial charge in [0.25, 0.3) is 5.91 Å². The van der Waals surface area contributed by atoms with Crippen LogP contribution in [0.4, 0.5) is 16.0 Å². The van der Waals surface area contributed by atoms with Crippen LogP contribution in [0.2, 0.25) is 0 Å². The van der Waals surface area contributed by atoms with Crippen molar-refractivity contribution in [1.82, 2.24) is 19.8 Å². The number of aryl methyl sites for hydroxylation is 1. The first kappa shape index (κ1) is 21.3. The maximum absolute atomic E-state index is 14.0. The van der Waals surface area contributed by atoms with Crippen molar-refractivity contribution in [3.63, 3.8) is 0 Å². The van der Waals surface area contributed by atoms with Gasteiger partial charge in [-0.2, -0.15) is 0 Å². The standard InChI is InChI=1S/C22H29FN6O2/c1-16-24-20(27-8-6-26(2)7-9-27)15-21(25-16)28-10-12-29(13-11-28)22(30)17-4-5-19(31-3)18(23)14-17/h4-5,14-15H,6-13H2,1-3H3. The second kappa shape index (κ2) is 9.05. The van der Waals surface area contributed by atoms with Crippen molar-refractivity contribution >= 4 is 17.5 Å². The zero-order chi connectivity index (χ0) is 22.0. The second-order valence-corrected chi connectivity index (χ2v) is 8.05. The Hall–Kier alpha value is -2.94. The molecule has 0 atom stereocenters. The Labute approximate surface area is 182 Å². The maximum Gasteiger partial charge on any atom is 0.254 e. The van der Waals surface area contributed by atoms with Gasteiger partial charge in [0.1, 0.15) is 17.5 Å². The number of aromatic nitrogens is 2. The fraction of sp³-hybridized carbons (Fsp3) is 0.500. The van der Waals surface area contributed by atoms with Crippen molar-refractivity contribution in [3.05, 3.63) is 41.5 Å². The number of benzene rings is 1. The van der Waals surface area contributed by atoms with E-state index in [1.165, 1.54) is 19.2 Å². The first-order chi connectivity index (χ1) is 14.9. The van der Waals surface area contributed by atoms with Crippen molar-refractivity contribution in [3.8, 4) is 5.75 Å². The van der Waals surface area contributed by atoms with Gasteiger partial charge in [0, 0.05) is 64.0 Å². The lowest BCUT2D eigenvalue weighted by Crippen LogP contribution is -2.49. The van der Waals surface area contributed by atoms with Crippen LogP contribution in [0, 0.1) is 12.7 Å². The van der Waals surface area contributed by atoms with Crippen molar-refractivity contribution in [2.75, 3.05) is 76.3 Å². The number of anilines is 2. The highest BCUT2D eigenvalue weighted by molar-refractivity contribution is 5.94. The second-order valence-electron chi connectivity index (χ2n) is 8.05. The Bertz CT molecular complexity index is 940. The monoisotopic (exact) mass is 428 g/mol. The maximum atomic E-state index is 14.0. The first-order valence-electron chi connectivity index (χ1n) is 10.6. The number of carbonyl (C=O) groups excluding carboxylic acids is 1. The van der Waals surface area contributed by atoms with E-state index in [2.05, 4.69) is 37.8 Å². The molecule has 166 valence electrons. The van der Waals surface area contributed by atoms with Crippen molar-refractivity contribution in [1.29, 1.82) is 0 Å². The molecule has 8 nitrogen and oxygen atoms in total. The van der Waals surface area contributed by atoms with Crippen LogP contribution in [0.25, 0.3) is 0 Å². The minimum Gasteiger partial charge on any atom is -0.494 e. The molecule has 2 fully saturated rings. The molecule has 2 saturated heterocycles. The van der Waals surface area contributed by atoms with Gasteiger partial charge in [-0.25, -0.2) is 14.4 Å². The van der Waals surface area contributed by atoms with Gasteiger partial charge < -0.3 is 24.3 Å². The summed E-state index contributed by atoms with van der Waals surface area (Å²) in [7, 11) is 3.54. The van der Waals surface area contributed by atoms with Crippen LogP contribution in [-0.2, 0) is 0 Å². The van der Waals surface area contributed by atoms with Crippen LogP contribution in [0.3, 0.4) is 0 Å². The summed E-state index contributed by atoms with van der Waals surface area (Å²) in [5.41, 5.74) is 0.335. The normalized spacial score (nSPS) is 17.7. The Morgan fingerprint density at radius 2 is 1.52 bits per heavy atom. The van der Waals surface area contributed by atoms with E-state index < -0.39 is 5.82 Å². The molecular weight excluding hydrogens is 399 g/mol. The van der Waals surface area contributed by atoms with Crippen LogP contribution in [-0.4, -0.2) is 92.2 Å². The smallest absolute Gasteiger partial charge is 0.254 e. The molecule has 1 aromatic heterocycles. The SMILES string of the molecule is COc1ccc(C(=O)N2CCN(c3cc(N4CCN(C)CC4)nc(C)n3)CC2)cc1F. The van der Waals surface area contributed by atoms with E-state index in [-0.39, 0.29) is 11.7 Å². The Morgan fingerprint density at radius 3 is 2.06 bits per heavy atom. The number of nitrogens with zero attached hydrogens (tertiary/aromatic N) is 6. The van der Waals surface area contributed by atoms with Crippen molar-refractivity contribution in [2.24, 2.45) is 0 Å². The molecule has 3 heterocycles. The summed E-state index contributed by atoms with van der Waals surface area (Å²) in [5, 5.41) is 0. The zero-order valence-corrected chi connectivity index (χ0v) is 18.3. The molecule has 0 radical (unpaired) electrons. The van der Waals surface area contributed by atoms with Gasteiger partial charge in [-0.3, -0.25) is 4.79 Å². The summed E-state index contributed by atoms with van der Waals surface area (Å²) in [6.45, 7) is 8.31. The van der Waals surface area contributed by atoms with Crippen LogP contribution in [0.5, 0.6) is 5.75 Å². The van der Waals surface area contributed by atoms with E-state index in [9.17, 15) is 9.18 Å². The fourth-order valence-electron chi connectivity index (χ4n) is 4.02. The Balaban J connectivity index is 1.41. The number of amides is 1. The molecule has 0 aliphatic carbocycles. The third-order valence-electron chi connectivity index (χ3n) is 5.93. The van der Waals surface area contributed by atoms with Crippen LogP contribution >= 0.6 is 0 Å². The molecule has 0 bridgehead atoms. The zero-order valence-electron chi connectivity index (χ0n) is 18.3. The number of hydrogen-bond acceptors (Lipinski definition) is 7. The highest BCUT2D eigenvalue weighted by atomic mass is 19.1. The molecule has 0 spiro atoms. The fourth-order valence-corrected chi connectivity index (χ4v) is 4.02. The number of halogens is 1. The topological polar surface area (TPSA) is 65.0 Å². The van der Waals surface area contributed by atoms with Gasteiger partial charge >= 0.3 is 0 Å². The first-order valence-corrected chi connectivity index (χ1v) is 10.6. The number of hydrogen-bond donors (Lipinski definition) is 0. The van der Waals surface area contributed by atoms with E-state index in [0.717, 1.165) is 43.6 Å². The van der Waals surface area contributed by atoms with Crippen molar-refractivity contribution < 1.29 is 13.9 Å². The summed E-state index contributed by atoms with van der Waals surface area (Å²) in [4.78, 5) is 30.6. The van der Waals surface area contributed by atoms with Gasteiger partial charge in [0.15, 0.2) is 11.6 Å². The minimum absolute atomic E-state index is 0.136. The quantitative estimate of drug-likeness (QED) is 0.734. The summed E-state index contributed by atoms with van der Waals surface area (Å²) < 4.78 is 18.9. The number of methoxy groups -OCH3 is 1. The minimum atomic E-state index is -0.528. The molecule has 0 saturated carbocycles. The lowest BCUT2D eigenvalue weighted by atomic mass is 10.1. The van der Waals surface area contributed by atoms with Gasteiger partial charge in [-0.15, -0.1) is 0 Å². The Kier molecular flexibility index (Phi) is 6.22. The molecule has 9 heteroatoms. The largest absolute Gasteiger partial charge is 0.494 e. The number of piperazine rings is 2. The molecule has 1 amide bonds. The summed E-state index contributed by atoms with van der Waals surface area (Å²) in [6, 6.07) is 6.38. The van der Waals surface area contributed by atoms with E-state index in [1.54, 1.807) is 11.0 Å². The van der Waals surface area contributed by atoms with Gasteiger partial charge in [-0.1, -0.05) is 0 Å². The molecule has 0 N–H and O–H groups in total. The third kappa shape index (κ3) is 4.71. The van der Waals surface area contributed by atoms with E-state index in [0.29, 0.717) is 31.7 Å². The molecule has 2 aliphatic heterocycles. The van der Waals surface area contributed by atoms with Crippen LogP contribution in [0.1, 0.15) is 16.2 Å². The van der Waals surface area contributed by atoms with Crippen LogP contribution < -0.4 is 14.5 Å². The predicted octanol–water partition coefficient (Wildman–Crippen LogP) is 1.65. The number of ether oxygens (including phenoxy) is 1. The lowest BCUT2D eigenvalue weighted by Gasteiger charge is -2.37. The van der Waals surface area contributed by atoms with E-state index in [4.69, 9.17) is 4.74 Å². The van der Waals surface area contributed by atoms with Crippen LogP contribution in [0.15, 0.2) is 24.3 Å². The number of rotatable bonds is 4. The number of carbonyl (C=O) groups is 1. The lowest BCUT2D eigenvalue weighted by molar-refractivity contribution is 0.0746. The van der Waals surface area contributed by atoms with Gasteiger partial charge in [0.2, 0.25) is 0 Å². The van der Waals surface area contributed by atoms with Crippen molar-refractivity contribution in [2.45, 2.75) is 6.92 Å². The van der Waals surface area contributed by atoms with E-state index in [1.807, 2.05) is 6.92 Å². The van der Waals surface area contributed by atoms with Gasteiger partial charge in [0.05, 0.1) is 7.11 Å². The highest BCUT2D eigenvalue weighted by Crippen LogP contribution is 2.23. The molecule has 2 aliphatic rings. The predicted molar refractivity (Wildman–Crippen MR) is 118 cm³/mol. The molecule has 0 unspecified atom stereocenters. The third-order valence-corrected chi connectivity index (χ3v) is 5.93. The molecule has 31 heavy (non-hydrogen) atoms. The molecular formula is C22H29FN6O2. The average molecular weight is 429 g/mol.